The number of carbonyl (C=O) groups excluding carboxylic acids is 3. The average molecular weight is 668 g/mol. The zero-order valence-electron chi connectivity index (χ0n) is 27.0. The van der Waals surface area contributed by atoms with Gasteiger partial charge in [-0.25, -0.2) is 23.5 Å². The van der Waals surface area contributed by atoms with E-state index in [0.29, 0.717) is 11.3 Å². The Kier molecular flexibility index (Phi) is 11.1. The first-order chi connectivity index (χ1) is 22.1. The molecule has 12 heteroatoms. The van der Waals surface area contributed by atoms with Gasteiger partial charge in [-0.15, -0.1) is 11.6 Å². The van der Waals surface area contributed by atoms with Gasteiger partial charge < -0.3 is 10.1 Å². The van der Waals surface area contributed by atoms with Crippen LogP contribution in [-0.4, -0.2) is 63.3 Å². The van der Waals surface area contributed by atoms with Crippen LogP contribution in [0, 0.1) is 17.2 Å². The molecule has 3 amide bonds. The number of halogens is 3. The monoisotopic (exact) mass is 667 g/mol. The first kappa shape index (κ1) is 35.6. The zero-order valence-corrected chi connectivity index (χ0v) is 27.8. The average Bonchev–Trinajstić information content (AvgIpc) is 2.99. The number of rotatable bonds is 9. The quantitative estimate of drug-likeness (QED) is 0.231. The van der Waals surface area contributed by atoms with Gasteiger partial charge in [0.2, 0.25) is 11.8 Å². The number of nitriles is 1. The number of anilines is 1. The zero-order chi connectivity index (χ0) is 34.5. The molecule has 1 N–H and O–H groups in total. The largest absolute Gasteiger partial charge is 0.449 e. The molecule has 2 aliphatic carbocycles. The molecule has 4 rings (SSSR count). The number of hydrogen-bond donors (Lipinski definition) is 1. The van der Waals surface area contributed by atoms with Crippen LogP contribution in [0.15, 0.2) is 78.2 Å². The van der Waals surface area contributed by atoms with Crippen LogP contribution in [0.2, 0.25) is 0 Å². The summed E-state index contributed by atoms with van der Waals surface area (Å²) in [5, 5.41) is 12.5. The lowest BCUT2D eigenvalue weighted by Crippen LogP contribution is -2.62. The van der Waals surface area contributed by atoms with Gasteiger partial charge in [0.25, 0.3) is 5.91 Å². The summed E-state index contributed by atoms with van der Waals surface area (Å²) in [5.41, 5.74) is 1.93. The number of amides is 3. The Morgan fingerprint density at radius 1 is 1.23 bits per heavy atom. The molecule has 4 unspecified atom stereocenters. The molecule has 47 heavy (non-hydrogen) atoms. The van der Waals surface area contributed by atoms with Crippen LogP contribution < -0.4 is 10.2 Å². The second kappa shape index (κ2) is 14.6. The molecule has 4 atom stereocenters. The Bertz CT molecular complexity index is 1560. The fraction of sp³-hybridized carbons (Fsp3) is 0.457. The summed E-state index contributed by atoms with van der Waals surface area (Å²) in [7, 11) is 0. The predicted molar refractivity (Wildman–Crippen MR) is 176 cm³/mol. The molecule has 1 saturated heterocycles. The molecule has 1 saturated carbocycles. The smallest absolute Gasteiger partial charge is 0.416 e. The van der Waals surface area contributed by atoms with E-state index in [9.17, 15) is 23.6 Å². The van der Waals surface area contributed by atoms with Crippen molar-refractivity contribution in [2.24, 2.45) is 5.92 Å². The van der Waals surface area contributed by atoms with E-state index in [-0.39, 0.29) is 50.1 Å². The van der Waals surface area contributed by atoms with Crippen LogP contribution in [0.1, 0.15) is 65.4 Å². The summed E-state index contributed by atoms with van der Waals surface area (Å²) in [6.45, 7) is 11.1. The predicted octanol–water partition coefficient (Wildman–Crippen LogP) is 6.73. The van der Waals surface area contributed by atoms with Gasteiger partial charge in [0, 0.05) is 43.1 Å². The molecule has 0 spiro atoms. The minimum atomic E-state index is -2.80. The summed E-state index contributed by atoms with van der Waals surface area (Å²) >= 11 is 7.06. The third kappa shape index (κ3) is 8.55. The molecule has 0 bridgehead atoms. The van der Waals surface area contributed by atoms with Crippen molar-refractivity contribution in [2.75, 3.05) is 11.5 Å². The molecule has 250 valence electrons. The van der Waals surface area contributed by atoms with Gasteiger partial charge in [-0.3, -0.25) is 14.5 Å². The summed E-state index contributed by atoms with van der Waals surface area (Å²) in [6.07, 6.45) is 10.4. The molecule has 1 aliphatic heterocycles. The first-order valence-electron chi connectivity index (χ1n) is 15.5. The molecule has 9 nitrogen and oxygen atoms in total. The molecule has 1 aromatic rings. The van der Waals surface area contributed by atoms with Gasteiger partial charge in [0.05, 0.1) is 23.1 Å². The van der Waals surface area contributed by atoms with Crippen LogP contribution in [-0.2, 0) is 14.3 Å². The Morgan fingerprint density at radius 3 is 2.55 bits per heavy atom. The van der Waals surface area contributed by atoms with Crippen molar-refractivity contribution in [3.05, 3.63) is 83.8 Å². The molecule has 0 aromatic carbocycles. The molecular weight excluding hydrogens is 628 g/mol. The lowest BCUT2D eigenvalue weighted by atomic mass is 9.81. The van der Waals surface area contributed by atoms with E-state index in [4.69, 9.17) is 16.3 Å². The normalized spacial score (nSPS) is 24.9. The second-order valence-electron chi connectivity index (χ2n) is 12.7. The van der Waals surface area contributed by atoms with E-state index in [1.54, 1.807) is 50.3 Å². The summed E-state index contributed by atoms with van der Waals surface area (Å²) in [6, 6.07) is 1.84. The number of ether oxygens (including phenoxy) is 1. The summed E-state index contributed by atoms with van der Waals surface area (Å²) in [4.78, 5) is 48.4. The number of cyclic esters (lactones) is 1. The lowest BCUT2D eigenvalue weighted by molar-refractivity contribution is -0.141. The Hall–Kier alpha value is -4.30. The van der Waals surface area contributed by atoms with Gasteiger partial charge >= 0.3 is 6.09 Å². The lowest BCUT2D eigenvalue weighted by Gasteiger charge is -2.44. The molecule has 2 heterocycles. The van der Waals surface area contributed by atoms with Crippen molar-refractivity contribution in [3.8, 4) is 6.07 Å². The number of nitrogens with zero attached hydrogens (tertiary/aromatic N) is 4. The number of hydrogen-bond acceptors (Lipinski definition) is 6. The highest BCUT2D eigenvalue weighted by molar-refractivity contribution is 6.25. The number of allylic oxidation sites excluding steroid dienone is 7. The van der Waals surface area contributed by atoms with E-state index < -0.39 is 52.7 Å². The maximum absolute atomic E-state index is 15.1. The van der Waals surface area contributed by atoms with Gasteiger partial charge in [0.15, 0.2) is 0 Å². The van der Waals surface area contributed by atoms with Gasteiger partial charge in [-0.05, 0) is 64.8 Å². The van der Waals surface area contributed by atoms with Gasteiger partial charge in [-0.2, -0.15) is 5.26 Å². The Labute approximate surface area is 279 Å². The number of nitrogens with one attached hydrogen (secondary N) is 1. The van der Waals surface area contributed by atoms with E-state index in [0.717, 1.165) is 10.5 Å². The minimum absolute atomic E-state index is 0.0338. The number of aromatic nitrogens is 1. The number of carbonyl (C=O) groups is 3. The standard InChI is InChI=1S/C35H40ClF2N5O4/c1-22(2)18-26(19-23(3)4)42(32(45)28-12-17-47-33(46)43(28)29-20-24(21-39)11-16-40-29)30(27-8-6-7-13-34(27,5)36)31(44)41-25-9-14-35(37,38)15-10-25/h6-8,11,13,16,18-20,25,27-28,30H,1,9-10,12,14-15,17H2,2-5H3,(H,41,44). The van der Waals surface area contributed by atoms with E-state index in [2.05, 4.69) is 16.9 Å². The second-order valence-corrected chi connectivity index (χ2v) is 13.5. The van der Waals surface area contributed by atoms with Crippen LogP contribution in [0.4, 0.5) is 19.4 Å². The van der Waals surface area contributed by atoms with Crippen molar-refractivity contribution in [3.63, 3.8) is 0 Å². The number of alkyl halides is 3. The van der Waals surface area contributed by atoms with Gasteiger partial charge in [0.1, 0.15) is 17.9 Å². The summed E-state index contributed by atoms with van der Waals surface area (Å²) in [5.74, 6) is -4.75. The van der Waals surface area contributed by atoms with Crippen molar-refractivity contribution in [2.45, 2.75) is 88.7 Å². The SMILES string of the molecule is C=C(C)C=C(C=C(C)C)N(C(=O)C1CCOC(=O)N1c1cc(C#N)ccn1)C(C(=O)NC1CCC(F)(F)CC1)C1C=CC=CC1(C)Cl. The molecule has 1 aromatic heterocycles. The van der Waals surface area contributed by atoms with Gasteiger partial charge in [-0.1, -0.05) is 42.0 Å². The Morgan fingerprint density at radius 2 is 1.94 bits per heavy atom. The number of pyridine rings is 1. The van der Waals surface area contributed by atoms with Crippen LogP contribution in [0.5, 0.6) is 0 Å². The van der Waals surface area contributed by atoms with Crippen molar-refractivity contribution in [1.82, 2.24) is 15.2 Å². The van der Waals surface area contributed by atoms with Crippen molar-refractivity contribution >= 4 is 35.3 Å². The van der Waals surface area contributed by atoms with Crippen molar-refractivity contribution in [1.29, 1.82) is 5.26 Å². The molecule has 2 fully saturated rings. The van der Waals surface area contributed by atoms with E-state index in [1.165, 1.54) is 23.2 Å². The fourth-order valence-electron chi connectivity index (χ4n) is 6.06. The van der Waals surface area contributed by atoms with Crippen LogP contribution >= 0.6 is 11.6 Å². The van der Waals surface area contributed by atoms with E-state index >= 15 is 4.79 Å². The van der Waals surface area contributed by atoms with Crippen molar-refractivity contribution < 1.29 is 27.9 Å². The van der Waals surface area contributed by atoms with Crippen LogP contribution in [0.25, 0.3) is 0 Å². The highest BCUT2D eigenvalue weighted by atomic mass is 35.5. The topological polar surface area (TPSA) is 116 Å². The van der Waals surface area contributed by atoms with Crippen LogP contribution in [0.3, 0.4) is 0 Å². The van der Waals surface area contributed by atoms with E-state index in [1.807, 2.05) is 19.9 Å². The molecule has 3 aliphatic rings. The first-order valence-corrected chi connectivity index (χ1v) is 15.9. The minimum Gasteiger partial charge on any atom is -0.449 e. The summed E-state index contributed by atoms with van der Waals surface area (Å²) < 4.78 is 33.4. The maximum atomic E-state index is 15.1. The molecular formula is C35H40ClF2N5O4. The maximum Gasteiger partial charge on any atom is 0.416 e. The Balaban J connectivity index is 1.90. The highest BCUT2D eigenvalue weighted by Gasteiger charge is 2.49. The third-order valence-electron chi connectivity index (χ3n) is 8.33. The fourth-order valence-corrected chi connectivity index (χ4v) is 6.32. The highest BCUT2D eigenvalue weighted by Crippen LogP contribution is 2.39. The third-order valence-corrected chi connectivity index (χ3v) is 8.71. The molecule has 0 radical (unpaired) electrons.